The molecular formula is C24H27ClN6O4. The number of pyridine rings is 1. The second kappa shape index (κ2) is 8.92. The van der Waals surface area contributed by atoms with Gasteiger partial charge in [0.2, 0.25) is 0 Å². The van der Waals surface area contributed by atoms with Crippen LogP contribution in [-0.2, 0) is 9.47 Å². The highest BCUT2D eigenvalue weighted by atomic mass is 35.5. The van der Waals surface area contributed by atoms with Gasteiger partial charge >= 0.3 is 0 Å². The lowest BCUT2D eigenvalue weighted by Gasteiger charge is -2.25. The first-order valence-corrected chi connectivity index (χ1v) is 12.3. The smallest absolute Gasteiger partial charge is 0.274 e. The fourth-order valence-corrected chi connectivity index (χ4v) is 5.61. The van der Waals surface area contributed by atoms with E-state index in [1.807, 2.05) is 0 Å². The molecule has 3 fully saturated rings. The highest BCUT2D eigenvalue weighted by Gasteiger charge is 2.54. The molecule has 3 aliphatic rings. The van der Waals surface area contributed by atoms with Crippen LogP contribution in [0.4, 0.5) is 17.3 Å². The molecule has 10 nitrogen and oxygen atoms in total. The third-order valence-electron chi connectivity index (χ3n) is 7.38. The Hall–Kier alpha value is -2.95. The molecule has 1 saturated carbocycles. The van der Waals surface area contributed by atoms with E-state index in [9.17, 15) is 9.59 Å². The molecule has 2 saturated heterocycles. The minimum Gasteiger partial charge on any atom is -0.381 e. The first-order chi connectivity index (χ1) is 17.0. The maximum Gasteiger partial charge on any atom is 0.274 e. The maximum atomic E-state index is 13.3. The van der Waals surface area contributed by atoms with Crippen molar-refractivity contribution in [3.63, 3.8) is 0 Å². The second-order valence-corrected chi connectivity index (χ2v) is 9.94. The van der Waals surface area contributed by atoms with Gasteiger partial charge in [-0.3, -0.25) is 9.59 Å². The van der Waals surface area contributed by atoms with Crippen molar-refractivity contribution < 1.29 is 14.3 Å². The highest BCUT2D eigenvalue weighted by molar-refractivity contribution is 6.30. The summed E-state index contributed by atoms with van der Waals surface area (Å²) < 4.78 is 14.2. The van der Waals surface area contributed by atoms with Gasteiger partial charge in [0, 0.05) is 32.3 Å². The van der Waals surface area contributed by atoms with Crippen molar-refractivity contribution in [3.05, 3.63) is 45.5 Å². The van der Waals surface area contributed by atoms with Crippen molar-refractivity contribution in [2.45, 2.75) is 25.3 Å². The summed E-state index contributed by atoms with van der Waals surface area (Å²) in [4.78, 5) is 31.0. The van der Waals surface area contributed by atoms with E-state index in [1.165, 1.54) is 0 Å². The zero-order valence-corrected chi connectivity index (χ0v) is 20.1. The predicted octanol–water partition coefficient (Wildman–Crippen LogP) is 3.15. The number of anilines is 3. The van der Waals surface area contributed by atoms with E-state index in [0.717, 1.165) is 26.1 Å². The summed E-state index contributed by atoms with van der Waals surface area (Å²) in [5.41, 5.74) is 1.01. The van der Waals surface area contributed by atoms with Crippen molar-refractivity contribution in [2.75, 3.05) is 44.1 Å². The van der Waals surface area contributed by atoms with Crippen LogP contribution in [0.1, 0.15) is 35.7 Å². The molecule has 3 aromatic heterocycles. The van der Waals surface area contributed by atoms with E-state index in [2.05, 4.69) is 20.7 Å². The average Bonchev–Trinajstić information content (AvgIpc) is 3.22. The molecule has 1 aliphatic carbocycles. The lowest BCUT2D eigenvalue weighted by molar-refractivity contribution is 0.0581. The molecule has 0 aromatic carbocycles. The van der Waals surface area contributed by atoms with E-state index < -0.39 is 0 Å². The van der Waals surface area contributed by atoms with Crippen LogP contribution < -0.4 is 16.2 Å². The number of rotatable bonds is 7. The number of halogens is 1. The van der Waals surface area contributed by atoms with E-state index in [0.29, 0.717) is 70.9 Å². The van der Waals surface area contributed by atoms with Gasteiger partial charge in [0.05, 0.1) is 42.6 Å². The summed E-state index contributed by atoms with van der Waals surface area (Å²) in [6.45, 7) is 2.68. The van der Waals surface area contributed by atoms with Crippen molar-refractivity contribution in [1.82, 2.24) is 19.2 Å². The Balaban J connectivity index is 1.32. The van der Waals surface area contributed by atoms with Crippen LogP contribution in [-0.4, -0.2) is 58.4 Å². The van der Waals surface area contributed by atoms with Crippen LogP contribution in [0, 0.1) is 17.8 Å². The van der Waals surface area contributed by atoms with Crippen LogP contribution in [0.3, 0.4) is 0 Å². The molecule has 184 valence electrons. The lowest BCUT2D eigenvalue weighted by atomic mass is 10.1. The third kappa shape index (κ3) is 4.09. The van der Waals surface area contributed by atoms with Crippen LogP contribution in [0.5, 0.6) is 0 Å². The Bertz CT molecular complexity index is 1340. The number of nitrogens with one attached hydrogen (secondary N) is 2. The van der Waals surface area contributed by atoms with E-state index in [4.69, 9.17) is 21.1 Å². The summed E-state index contributed by atoms with van der Waals surface area (Å²) in [6, 6.07) is 3.27. The highest BCUT2D eigenvalue weighted by Crippen LogP contribution is 2.53. The summed E-state index contributed by atoms with van der Waals surface area (Å²) in [5, 5.41) is 11.0. The molecular weight excluding hydrogens is 472 g/mol. The SMILES string of the molecule is CNc1cc(Nc2cc(Cl)cn([C@@H]3CCCOC3)c2=O)nc2c(C(=O)CC3[C@H]4COC[C@@H]34)cnn12. The van der Waals surface area contributed by atoms with Gasteiger partial charge in [-0.1, -0.05) is 11.6 Å². The van der Waals surface area contributed by atoms with E-state index >= 15 is 0 Å². The predicted molar refractivity (Wildman–Crippen MR) is 131 cm³/mol. The van der Waals surface area contributed by atoms with E-state index in [1.54, 1.807) is 40.7 Å². The van der Waals surface area contributed by atoms with E-state index in [-0.39, 0.29) is 17.4 Å². The van der Waals surface area contributed by atoms with Gasteiger partial charge in [0.15, 0.2) is 11.4 Å². The number of fused-ring (bicyclic) bond motifs is 2. The second-order valence-electron chi connectivity index (χ2n) is 9.51. The van der Waals surface area contributed by atoms with Crippen molar-refractivity contribution >= 4 is 40.4 Å². The normalized spacial score (nSPS) is 25.4. The van der Waals surface area contributed by atoms with Crippen molar-refractivity contribution in [3.8, 4) is 0 Å². The summed E-state index contributed by atoms with van der Waals surface area (Å²) in [7, 11) is 1.77. The minimum atomic E-state index is -0.204. The van der Waals surface area contributed by atoms with Gasteiger partial charge < -0.3 is 24.7 Å². The lowest BCUT2D eigenvalue weighted by Crippen LogP contribution is -2.31. The quantitative estimate of drug-likeness (QED) is 0.478. The van der Waals surface area contributed by atoms with Crippen LogP contribution in [0.2, 0.25) is 5.02 Å². The molecule has 0 bridgehead atoms. The Morgan fingerprint density at radius 3 is 2.80 bits per heavy atom. The minimum absolute atomic E-state index is 0.0218. The van der Waals surface area contributed by atoms with Crippen LogP contribution >= 0.6 is 11.6 Å². The monoisotopic (exact) mass is 498 g/mol. The fraction of sp³-hybridized carbons (Fsp3) is 0.500. The van der Waals surface area contributed by atoms with Crippen molar-refractivity contribution in [1.29, 1.82) is 0 Å². The average molecular weight is 499 g/mol. The standard InChI is InChI=1S/C24H27ClN6O4/c1-26-22-7-21(28-19-5-13(25)9-30(24(19)33)14-3-2-4-34-10-14)29-23-16(8-27-31(22)23)20(32)6-15-17-11-35-12-18(15)17/h5,7-9,14-15,17-18,26H,2-4,6,10-12H2,1H3,(H,28,29)/t14-,15?,17-,18+/m1/s1. The summed E-state index contributed by atoms with van der Waals surface area (Å²) in [5.74, 6) is 2.45. The fourth-order valence-electron chi connectivity index (χ4n) is 5.40. The van der Waals surface area contributed by atoms with Gasteiger partial charge in [0.25, 0.3) is 5.56 Å². The molecule has 0 spiro atoms. The topological polar surface area (TPSA) is 112 Å². The molecule has 2 aliphatic heterocycles. The Morgan fingerprint density at radius 2 is 2.06 bits per heavy atom. The molecule has 11 heteroatoms. The van der Waals surface area contributed by atoms with Crippen molar-refractivity contribution in [2.24, 2.45) is 17.8 Å². The van der Waals surface area contributed by atoms with Gasteiger partial charge in [0.1, 0.15) is 17.3 Å². The number of aromatic nitrogens is 4. The first kappa shape index (κ1) is 22.5. The molecule has 1 unspecified atom stereocenters. The Morgan fingerprint density at radius 1 is 1.23 bits per heavy atom. The van der Waals surface area contributed by atoms with Crippen LogP contribution in [0.25, 0.3) is 5.65 Å². The van der Waals surface area contributed by atoms with Gasteiger partial charge in [-0.05, 0) is 36.7 Å². The molecule has 0 radical (unpaired) electrons. The molecule has 5 heterocycles. The number of ketones is 1. The number of carbonyl (C=O) groups is 1. The summed E-state index contributed by atoms with van der Waals surface area (Å²) in [6.07, 6.45) is 5.43. The van der Waals surface area contributed by atoms with Gasteiger partial charge in [-0.15, -0.1) is 0 Å². The molecule has 0 amide bonds. The zero-order chi connectivity index (χ0) is 24.1. The zero-order valence-electron chi connectivity index (χ0n) is 19.4. The summed E-state index contributed by atoms with van der Waals surface area (Å²) >= 11 is 6.36. The molecule has 6 rings (SSSR count). The number of nitrogens with zero attached hydrogens (tertiary/aromatic N) is 4. The van der Waals surface area contributed by atoms with Crippen LogP contribution in [0.15, 0.2) is 29.3 Å². The largest absolute Gasteiger partial charge is 0.381 e. The van der Waals surface area contributed by atoms with Gasteiger partial charge in [-0.25, -0.2) is 4.98 Å². The molecule has 4 atom stereocenters. The number of carbonyl (C=O) groups excluding carboxylic acids is 1. The number of hydrogen-bond donors (Lipinski definition) is 2. The number of ether oxygens (including phenoxy) is 2. The number of hydrogen-bond acceptors (Lipinski definition) is 8. The first-order valence-electron chi connectivity index (χ1n) is 12.0. The molecule has 35 heavy (non-hydrogen) atoms. The third-order valence-corrected chi connectivity index (χ3v) is 7.59. The Labute approximate surface area is 206 Å². The molecule has 2 N–H and O–H groups in total. The van der Waals surface area contributed by atoms with Gasteiger partial charge in [-0.2, -0.15) is 9.61 Å². The maximum absolute atomic E-state index is 13.3. The Kier molecular flexibility index (Phi) is 5.74. The number of Topliss-reactive ketones (excluding diaryl/α,β-unsaturated/α-hetero) is 1. The molecule has 3 aromatic rings.